The van der Waals surface area contributed by atoms with Crippen LogP contribution in [0.2, 0.25) is 0 Å². The summed E-state index contributed by atoms with van der Waals surface area (Å²) in [5.41, 5.74) is 0.426. The molecule has 0 aromatic heterocycles. The summed E-state index contributed by atoms with van der Waals surface area (Å²) in [7, 11) is 0. The minimum absolute atomic E-state index is 0.281. The lowest BCUT2D eigenvalue weighted by Crippen LogP contribution is -2.42. The molecule has 0 unspecified atom stereocenters. The number of urea groups is 1. The van der Waals surface area contributed by atoms with Crippen LogP contribution in [0.1, 0.15) is 13.3 Å². The normalized spacial score (nSPS) is 11.7. The van der Waals surface area contributed by atoms with E-state index >= 15 is 0 Å². The van der Waals surface area contributed by atoms with Crippen LogP contribution in [0.5, 0.6) is 0 Å². The number of hydrogen-bond acceptors (Lipinski definition) is 2. The fourth-order valence-electron chi connectivity index (χ4n) is 1.25. The molecule has 5 nitrogen and oxygen atoms in total. The zero-order valence-corrected chi connectivity index (χ0v) is 11.7. The molecule has 98 valence electrons. The van der Waals surface area contributed by atoms with Crippen LogP contribution in [-0.2, 0) is 4.79 Å². The summed E-state index contributed by atoms with van der Waals surface area (Å²) < 4.78 is 13.4. The summed E-state index contributed by atoms with van der Waals surface area (Å²) in [6, 6.07) is 2.33. The molecule has 0 bridgehead atoms. The van der Waals surface area contributed by atoms with Crippen molar-refractivity contribution in [2.45, 2.75) is 19.4 Å². The SMILES string of the molecule is CC[C@H](NC(=O)Nc1ccc(F)cc1I)C(=O)O. The number of nitrogens with one attached hydrogen (secondary N) is 2. The number of carboxylic acid groups (broad SMARTS) is 1. The van der Waals surface area contributed by atoms with Gasteiger partial charge in [-0.25, -0.2) is 14.0 Å². The van der Waals surface area contributed by atoms with E-state index in [0.29, 0.717) is 9.26 Å². The van der Waals surface area contributed by atoms with Crippen molar-refractivity contribution in [1.82, 2.24) is 5.32 Å². The van der Waals surface area contributed by atoms with E-state index in [1.54, 1.807) is 6.92 Å². The number of carbonyl (C=O) groups excluding carboxylic acids is 1. The summed E-state index contributed by atoms with van der Waals surface area (Å²) in [6.45, 7) is 1.65. The van der Waals surface area contributed by atoms with Crippen LogP contribution in [0.3, 0.4) is 0 Å². The molecule has 0 aliphatic rings. The Balaban J connectivity index is 2.67. The molecule has 1 aromatic carbocycles. The minimum atomic E-state index is -1.10. The molecule has 0 radical (unpaired) electrons. The van der Waals surface area contributed by atoms with Crippen LogP contribution in [0.25, 0.3) is 0 Å². The van der Waals surface area contributed by atoms with Crippen molar-refractivity contribution in [3.8, 4) is 0 Å². The number of hydrogen-bond donors (Lipinski definition) is 3. The van der Waals surface area contributed by atoms with E-state index in [2.05, 4.69) is 10.6 Å². The molecule has 0 fully saturated rings. The molecule has 18 heavy (non-hydrogen) atoms. The number of anilines is 1. The first kappa shape index (κ1) is 14.7. The molecular formula is C11H12FIN2O3. The van der Waals surface area contributed by atoms with Crippen molar-refractivity contribution in [2.75, 3.05) is 5.32 Å². The van der Waals surface area contributed by atoms with Gasteiger partial charge in [-0.15, -0.1) is 0 Å². The molecule has 1 rings (SSSR count). The number of aliphatic carboxylic acids is 1. The first-order valence-electron chi connectivity index (χ1n) is 5.19. The third kappa shape index (κ3) is 4.13. The first-order chi connectivity index (χ1) is 8.43. The molecule has 7 heteroatoms. The van der Waals surface area contributed by atoms with Gasteiger partial charge < -0.3 is 15.7 Å². The number of rotatable bonds is 4. The summed E-state index contributed by atoms with van der Waals surface area (Å²) in [5.74, 6) is -1.50. The van der Waals surface area contributed by atoms with E-state index in [1.807, 2.05) is 22.6 Å². The molecule has 3 N–H and O–H groups in total. The molecule has 0 saturated heterocycles. The Kier molecular flexibility index (Phi) is 5.32. The highest BCUT2D eigenvalue weighted by molar-refractivity contribution is 14.1. The van der Waals surface area contributed by atoms with Crippen molar-refractivity contribution in [2.24, 2.45) is 0 Å². The summed E-state index contributed by atoms with van der Waals surface area (Å²) in [6.07, 6.45) is 0.281. The lowest BCUT2D eigenvalue weighted by atomic mass is 10.2. The smallest absolute Gasteiger partial charge is 0.326 e. The Morgan fingerprint density at radius 2 is 2.17 bits per heavy atom. The molecule has 1 aromatic rings. The summed E-state index contributed by atoms with van der Waals surface area (Å²) >= 11 is 1.88. The van der Waals surface area contributed by atoms with E-state index in [-0.39, 0.29) is 6.42 Å². The number of benzene rings is 1. The van der Waals surface area contributed by atoms with Crippen LogP contribution in [0.4, 0.5) is 14.9 Å². The fraction of sp³-hybridized carbons (Fsp3) is 0.273. The lowest BCUT2D eigenvalue weighted by molar-refractivity contribution is -0.139. The van der Waals surface area contributed by atoms with Crippen molar-refractivity contribution in [3.05, 3.63) is 27.6 Å². The van der Waals surface area contributed by atoms with Gasteiger partial charge in [-0.2, -0.15) is 0 Å². The Morgan fingerprint density at radius 1 is 1.50 bits per heavy atom. The van der Waals surface area contributed by atoms with Gasteiger partial charge in [0.15, 0.2) is 0 Å². The molecule has 0 spiro atoms. The molecule has 2 amide bonds. The van der Waals surface area contributed by atoms with Gasteiger partial charge in [0.05, 0.1) is 5.69 Å². The number of carbonyl (C=O) groups is 2. The van der Waals surface area contributed by atoms with Crippen molar-refractivity contribution in [3.63, 3.8) is 0 Å². The van der Waals surface area contributed by atoms with Crippen LogP contribution in [0, 0.1) is 9.39 Å². The maximum atomic E-state index is 12.8. The Bertz CT molecular complexity index is 468. The predicted octanol–water partition coefficient (Wildman–Crippen LogP) is 2.42. The van der Waals surface area contributed by atoms with E-state index in [4.69, 9.17) is 5.11 Å². The van der Waals surface area contributed by atoms with Crippen molar-refractivity contribution in [1.29, 1.82) is 0 Å². The van der Waals surface area contributed by atoms with E-state index < -0.39 is 23.9 Å². The second-order valence-electron chi connectivity index (χ2n) is 3.52. The molecule has 0 saturated carbocycles. The number of carboxylic acids is 1. The maximum absolute atomic E-state index is 12.8. The Hall–Kier alpha value is -1.38. The van der Waals surface area contributed by atoms with Gasteiger partial charge >= 0.3 is 12.0 Å². The first-order valence-corrected chi connectivity index (χ1v) is 6.27. The Morgan fingerprint density at radius 3 is 2.67 bits per heavy atom. The van der Waals surface area contributed by atoms with Crippen molar-refractivity contribution >= 4 is 40.3 Å². The van der Waals surface area contributed by atoms with Gasteiger partial charge in [0.1, 0.15) is 11.9 Å². The number of amides is 2. The second-order valence-corrected chi connectivity index (χ2v) is 4.68. The lowest BCUT2D eigenvalue weighted by Gasteiger charge is -2.13. The molecular weight excluding hydrogens is 354 g/mol. The maximum Gasteiger partial charge on any atom is 0.326 e. The van der Waals surface area contributed by atoms with Crippen LogP contribution >= 0.6 is 22.6 Å². The standard InChI is InChI=1S/C11H12FIN2O3/c1-2-8(10(16)17)14-11(18)15-9-4-3-6(12)5-7(9)13/h3-5,8H,2H2,1H3,(H,16,17)(H2,14,15,18)/t8-/m0/s1. The molecule has 0 aliphatic carbocycles. The van der Waals surface area contributed by atoms with Gasteiger partial charge in [0, 0.05) is 3.57 Å². The van der Waals surface area contributed by atoms with Crippen LogP contribution < -0.4 is 10.6 Å². The molecule has 0 heterocycles. The third-order valence-electron chi connectivity index (χ3n) is 2.19. The highest BCUT2D eigenvalue weighted by atomic mass is 127. The van der Waals surface area contributed by atoms with E-state index in [1.165, 1.54) is 18.2 Å². The predicted molar refractivity (Wildman–Crippen MR) is 73.0 cm³/mol. The van der Waals surface area contributed by atoms with Crippen LogP contribution in [-0.4, -0.2) is 23.1 Å². The quantitative estimate of drug-likeness (QED) is 0.717. The second kappa shape index (κ2) is 6.53. The number of halogens is 2. The fourth-order valence-corrected chi connectivity index (χ4v) is 1.86. The largest absolute Gasteiger partial charge is 0.480 e. The minimum Gasteiger partial charge on any atom is -0.480 e. The Labute approximate surface area is 117 Å². The van der Waals surface area contributed by atoms with Gasteiger partial charge in [0.25, 0.3) is 0 Å². The van der Waals surface area contributed by atoms with Crippen LogP contribution in [0.15, 0.2) is 18.2 Å². The van der Waals surface area contributed by atoms with E-state index in [0.717, 1.165) is 0 Å². The van der Waals surface area contributed by atoms with Gasteiger partial charge in [-0.3, -0.25) is 0 Å². The molecule has 0 aliphatic heterocycles. The zero-order valence-electron chi connectivity index (χ0n) is 9.54. The van der Waals surface area contributed by atoms with Gasteiger partial charge in [-0.1, -0.05) is 6.92 Å². The van der Waals surface area contributed by atoms with Crippen molar-refractivity contribution < 1.29 is 19.1 Å². The molecule has 1 atom stereocenters. The average Bonchev–Trinajstić information content (AvgIpc) is 2.29. The topological polar surface area (TPSA) is 78.4 Å². The average molecular weight is 366 g/mol. The summed E-state index contributed by atoms with van der Waals surface area (Å²) in [4.78, 5) is 22.3. The van der Waals surface area contributed by atoms with Gasteiger partial charge in [0.2, 0.25) is 0 Å². The highest BCUT2D eigenvalue weighted by Gasteiger charge is 2.17. The van der Waals surface area contributed by atoms with E-state index in [9.17, 15) is 14.0 Å². The third-order valence-corrected chi connectivity index (χ3v) is 3.08. The monoisotopic (exact) mass is 366 g/mol. The van der Waals surface area contributed by atoms with Gasteiger partial charge in [-0.05, 0) is 47.2 Å². The zero-order chi connectivity index (χ0) is 13.7. The highest BCUT2D eigenvalue weighted by Crippen LogP contribution is 2.18. The summed E-state index contributed by atoms with van der Waals surface area (Å²) in [5, 5.41) is 13.6.